The molecular weight excluding hydrogens is 268 g/mol. The van der Waals surface area contributed by atoms with Crippen LogP contribution in [0, 0.1) is 0 Å². The van der Waals surface area contributed by atoms with Crippen LogP contribution in [0.2, 0.25) is 0 Å². The number of rotatable bonds is 8. The molecule has 2 rings (SSSR count). The molecule has 0 aliphatic carbocycles. The molecule has 0 atom stereocenters. The van der Waals surface area contributed by atoms with Crippen molar-refractivity contribution in [3.05, 3.63) is 30.3 Å². The lowest BCUT2D eigenvalue weighted by molar-refractivity contribution is -0.143. The Hall–Kier alpha value is -2.24. The highest BCUT2D eigenvalue weighted by molar-refractivity contribution is 5.69. The number of unbranched alkanes of at least 4 members (excludes halogenated alkanes) is 2. The van der Waals surface area contributed by atoms with E-state index in [1.807, 2.05) is 37.3 Å². The fourth-order valence-electron chi connectivity index (χ4n) is 1.97. The Morgan fingerprint density at radius 3 is 2.76 bits per heavy atom. The summed E-state index contributed by atoms with van der Waals surface area (Å²) in [6.45, 7) is 2.98. The number of hydrogen-bond acceptors (Lipinski definition) is 5. The van der Waals surface area contributed by atoms with Crippen molar-refractivity contribution in [1.29, 1.82) is 0 Å². The third-order valence-corrected chi connectivity index (χ3v) is 3.03. The first-order chi connectivity index (χ1) is 10.3. The first-order valence-electron chi connectivity index (χ1n) is 7.28. The highest BCUT2D eigenvalue weighted by atomic mass is 16.5. The van der Waals surface area contributed by atoms with Crippen molar-refractivity contribution < 1.29 is 9.53 Å². The van der Waals surface area contributed by atoms with E-state index in [4.69, 9.17) is 4.74 Å². The van der Waals surface area contributed by atoms with E-state index in [9.17, 15) is 4.79 Å². The molecule has 0 N–H and O–H groups in total. The van der Waals surface area contributed by atoms with E-state index in [1.165, 1.54) is 0 Å². The molecule has 0 spiro atoms. The smallest absolute Gasteiger partial charge is 0.305 e. The first kappa shape index (κ1) is 15.2. The van der Waals surface area contributed by atoms with E-state index in [-0.39, 0.29) is 5.97 Å². The Bertz CT molecular complexity index is 554. The highest BCUT2D eigenvalue weighted by Gasteiger charge is 2.05. The fraction of sp³-hybridized carbons (Fsp3) is 0.467. The van der Waals surface area contributed by atoms with Crippen molar-refractivity contribution in [2.45, 2.75) is 39.2 Å². The van der Waals surface area contributed by atoms with E-state index in [1.54, 1.807) is 4.80 Å². The van der Waals surface area contributed by atoms with E-state index >= 15 is 0 Å². The number of benzene rings is 1. The van der Waals surface area contributed by atoms with Gasteiger partial charge in [0.15, 0.2) is 0 Å². The van der Waals surface area contributed by atoms with Crippen LogP contribution in [0.1, 0.15) is 32.6 Å². The number of ether oxygens (including phenoxy) is 1. The predicted octanol–water partition coefficient (Wildman–Crippen LogP) is 2.46. The molecule has 0 aliphatic rings. The largest absolute Gasteiger partial charge is 0.466 e. The van der Waals surface area contributed by atoms with Crippen LogP contribution in [0.3, 0.4) is 0 Å². The molecular formula is C15H20N4O2. The van der Waals surface area contributed by atoms with Crippen molar-refractivity contribution in [1.82, 2.24) is 20.2 Å². The number of aromatic nitrogens is 4. The molecule has 0 saturated carbocycles. The van der Waals surface area contributed by atoms with Gasteiger partial charge in [0.25, 0.3) is 0 Å². The van der Waals surface area contributed by atoms with Gasteiger partial charge >= 0.3 is 5.97 Å². The lowest BCUT2D eigenvalue weighted by atomic mass is 10.2. The molecule has 21 heavy (non-hydrogen) atoms. The Morgan fingerprint density at radius 1 is 1.19 bits per heavy atom. The molecule has 0 saturated heterocycles. The van der Waals surface area contributed by atoms with Crippen molar-refractivity contribution in [3.8, 4) is 11.4 Å². The molecule has 0 fully saturated rings. The Morgan fingerprint density at radius 2 is 2.00 bits per heavy atom. The molecule has 0 amide bonds. The van der Waals surface area contributed by atoms with Crippen LogP contribution < -0.4 is 0 Å². The summed E-state index contributed by atoms with van der Waals surface area (Å²) < 4.78 is 4.88. The van der Waals surface area contributed by atoms with Crippen LogP contribution in [-0.2, 0) is 16.1 Å². The third-order valence-electron chi connectivity index (χ3n) is 3.03. The van der Waals surface area contributed by atoms with Crippen LogP contribution in [0.5, 0.6) is 0 Å². The van der Waals surface area contributed by atoms with Crippen LogP contribution in [0.25, 0.3) is 11.4 Å². The number of carbonyl (C=O) groups excluding carboxylic acids is 1. The average molecular weight is 288 g/mol. The van der Waals surface area contributed by atoms with E-state index in [0.29, 0.717) is 25.4 Å². The maximum atomic E-state index is 11.2. The predicted molar refractivity (Wildman–Crippen MR) is 78.4 cm³/mol. The van der Waals surface area contributed by atoms with Crippen LogP contribution in [-0.4, -0.2) is 32.8 Å². The van der Waals surface area contributed by atoms with E-state index in [2.05, 4.69) is 15.4 Å². The van der Waals surface area contributed by atoms with Gasteiger partial charge < -0.3 is 4.74 Å². The zero-order valence-electron chi connectivity index (χ0n) is 12.2. The molecule has 6 heteroatoms. The normalized spacial score (nSPS) is 10.5. The lowest BCUT2D eigenvalue weighted by Gasteiger charge is -2.01. The Labute approximate surface area is 124 Å². The molecule has 2 aromatic rings. The average Bonchev–Trinajstić information content (AvgIpc) is 2.97. The topological polar surface area (TPSA) is 69.9 Å². The maximum Gasteiger partial charge on any atom is 0.305 e. The molecule has 0 bridgehead atoms. The minimum atomic E-state index is -0.122. The number of tetrazole rings is 1. The van der Waals surface area contributed by atoms with Gasteiger partial charge in [0.2, 0.25) is 5.82 Å². The maximum absolute atomic E-state index is 11.2. The monoisotopic (exact) mass is 288 g/mol. The van der Waals surface area contributed by atoms with Crippen molar-refractivity contribution in [2.75, 3.05) is 6.61 Å². The van der Waals surface area contributed by atoms with Crippen LogP contribution in [0.15, 0.2) is 30.3 Å². The molecule has 0 unspecified atom stereocenters. The minimum Gasteiger partial charge on any atom is -0.466 e. The van der Waals surface area contributed by atoms with Gasteiger partial charge in [-0.3, -0.25) is 4.79 Å². The number of aryl methyl sites for hydroxylation is 1. The zero-order chi connectivity index (χ0) is 14.9. The number of hydrogen-bond donors (Lipinski definition) is 0. The van der Waals surface area contributed by atoms with Gasteiger partial charge in [-0.15, -0.1) is 10.2 Å². The number of nitrogens with zero attached hydrogens (tertiary/aromatic N) is 4. The SMILES string of the molecule is CCOC(=O)CCCCCn1nnc(-c2ccccc2)n1. The summed E-state index contributed by atoms with van der Waals surface area (Å²) in [7, 11) is 0. The lowest BCUT2D eigenvalue weighted by Crippen LogP contribution is -2.05. The van der Waals surface area contributed by atoms with Gasteiger partial charge in [0, 0.05) is 12.0 Å². The summed E-state index contributed by atoms with van der Waals surface area (Å²) in [6.07, 6.45) is 3.18. The highest BCUT2D eigenvalue weighted by Crippen LogP contribution is 2.12. The molecule has 112 valence electrons. The van der Waals surface area contributed by atoms with Crippen LogP contribution >= 0.6 is 0 Å². The summed E-state index contributed by atoms with van der Waals surface area (Å²) in [6, 6.07) is 9.77. The standard InChI is InChI=1S/C15H20N4O2/c1-2-21-14(20)11-7-4-8-12-19-17-15(16-18-19)13-9-5-3-6-10-13/h3,5-6,9-10H,2,4,7-8,11-12H2,1H3. The first-order valence-corrected chi connectivity index (χ1v) is 7.28. The molecule has 0 aliphatic heterocycles. The minimum absolute atomic E-state index is 0.122. The fourth-order valence-corrected chi connectivity index (χ4v) is 1.97. The van der Waals surface area contributed by atoms with Crippen molar-refractivity contribution in [3.63, 3.8) is 0 Å². The van der Waals surface area contributed by atoms with Crippen molar-refractivity contribution >= 4 is 5.97 Å². The van der Waals surface area contributed by atoms with Gasteiger partial charge in [-0.25, -0.2) is 0 Å². The molecule has 0 radical (unpaired) electrons. The van der Waals surface area contributed by atoms with Gasteiger partial charge in [-0.05, 0) is 25.0 Å². The molecule has 1 aromatic heterocycles. The Balaban J connectivity index is 1.70. The zero-order valence-corrected chi connectivity index (χ0v) is 12.2. The summed E-state index contributed by atoms with van der Waals surface area (Å²) in [4.78, 5) is 12.8. The van der Waals surface area contributed by atoms with Crippen molar-refractivity contribution in [2.24, 2.45) is 0 Å². The number of carbonyl (C=O) groups is 1. The number of esters is 1. The molecule has 1 heterocycles. The summed E-state index contributed by atoms with van der Waals surface area (Å²) in [5, 5.41) is 12.4. The quantitative estimate of drug-likeness (QED) is 0.551. The van der Waals surface area contributed by atoms with E-state index < -0.39 is 0 Å². The van der Waals surface area contributed by atoms with Gasteiger partial charge in [-0.1, -0.05) is 36.8 Å². The second-order valence-electron chi connectivity index (χ2n) is 4.69. The third kappa shape index (κ3) is 4.98. The molecule has 1 aromatic carbocycles. The summed E-state index contributed by atoms with van der Waals surface area (Å²) in [5.41, 5.74) is 0.964. The summed E-state index contributed by atoms with van der Waals surface area (Å²) in [5.74, 6) is 0.518. The second kappa shape index (κ2) is 8.14. The second-order valence-corrected chi connectivity index (χ2v) is 4.69. The Kier molecular flexibility index (Phi) is 5.87. The van der Waals surface area contributed by atoms with Crippen LogP contribution in [0.4, 0.5) is 0 Å². The van der Waals surface area contributed by atoms with Gasteiger partial charge in [0.1, 0.15) is 0 Å². The summed E-state index contributed by atoms with van der Waals surface area (Å²) >= 11 is 0. The van der Waals surface area contributed by atoms with Gasteiger partial charge in [-0.2, -0.15) is 4.80 Å². The van der Waals surface area contributed by atoms with Gasteiger partial charge in [0.05, 0.1) is 13.2 Å². The van der Waals surface area contributed by atoms with E-state index in [0.717, 1.165) is 24.8 Å². The molecule has 6 nitrogen and oxygen atoms in total.